The number of nitro benzene ring substituents is 1. The fourth-order valence-corrected chi connectivity index (χ4v) is 3.60. The van der Waals surface area contributed by atoms with Crippen molar-refractivity contribution in [1.82, 2.24) is 10.0 Å². The highest BCUT2D eigenvalue weighted by molar-refractivity contribution is 7.89. The first-order chi connectivity index (χ1) is 13.2. The molecule has 150 valence electrons. The summed E-state index contributed by atoms with van der Waals surface area (Å²) in [6.45, 7) is 3.85. The molecule has 1 unspecified atom stereocenters. The Kier molecular flexibility index (Phi) is 7.24. The number of non-ortho nitro benzene ring substituents is 1. The molecule has 0 radical (unpaired) electrons. The number of hydrogen-bond acceptors (Lipinski definition) is 5. The fourth-order valence-electron chi connectivity index (χ4n) is 2.57. The lowest BCUT2D eigenvalue weighted by molar-refractivity contribution is -0.384. The van der Waals surface area contributed by atoms with Gasteiger partial charge in [-0.1, -0.05) is 31.2 Å². The molecule has 0 aliphatic carbocycles. The maximum atomic E-state index is 12.2. The first-order valence-corrected chi connectivity index (χ1v) is 10.3. The minimum atomic E-state index is -3.84. The van der Waals surface area contributed by atoms with Crippen LogP contribution in [0.4, 0.5) is 5.69 Å². The number of rotatable bonds is 9. The molecule has 0 heterocycles. The van der Waals surface area contributed by atoms with Gasteiger partial charge in [-0.25, -0.2) is 13.1 Å². The minimum Gasteiger partial charge on any atom is -0.350 e. The number of aryl methyl sites for hydroxylation is 1. The Morgan fingerprint density at radius 3 is 2.25 bits per heavy atom. The van der Waals surface area contributed by atoms with Gasteiger partial charge in [0.1, 0.15) is 0 Å². The van der Waals surface area contributed by atoms with Crippen LogP contribution < -0.4 is 10.0 Å². The van der Waals surface area contributed by atoms with E-state index in [9.17, 15) is 23.3 Å². The molecular formula is C19H23N3O5S. The second kappa shape index (κ2) is 9.43. The number of carbonyl (C=O) groups excluding carboxylic acids is 1. The maximum Gasteiger partial charge on any atom is 0.269 e. The molecule has 0 bridgehead atoms. The van der Waals surface area contributed by atoms with Crippen molar-refractivity contribution in [3.8, 4) is 0 Å². The van der Waals surface area contributed by atoms with Crippen LogP contribution in [0.5, 0.6) is 0 Å². The van der Waals surface area contributed by atoms with Gasteiger partial charge in [0.25, 0.3) is 5.69 Å². The van der Waals surface area contributed by atoms with Gasteiger partial charge in [0.2, 0.25) is 15.9 Å². The second-order valence-electron chi connectivity index (χ2n) is 6.28. The monoisotopic (exact) mass is 405 g/mol. The molecule has 1 atom stereocenters. The van der Waals surface area contributed by atoms with Crippen molar-refractivity contribution in [1.29, 1.82) is 0 Å². The standard InChI is InChI=1S/C19H23N3O5S/c1-3-15-4-6-16(7-5-15)14(2)21-19(23)12-13-20-28(26,27)18-10-8-17(9-11-18)22(24)25/h4-11,14,20H,3,12-13H2,1-2H3,(H,21,23). The molecular weight excluding hydrogens is 382 g/mol. The van der Waals surface area contributed by atoms with Gasteiger partial charge in [-0.3, -0.25) is 14.9 Å². The van der Waals surface area contributed by atoms with E-state index in [1.165, 1.54) is 5.56 Å². The number of sulfonamides is 1. The molecule has 9 heteroatoms. The predicted molar refractivity (Wildman–Crippen MR) is 105 cm³/mol. The van der Waals surface area contributed by atoms with Crippen LogP contribution in [-0.4, -0.2) is 25.8 Å². The van der Waals surface area contributed by atoms with E-state index in [1.54, 1.807) is 0 Å². The molecule has 2 aromatic rings. The molecule has 0 saturated carbocycles. The zero-order valence-corrected chi connectivity index (χ0v) is 16.5. The first kappa shape index (κ1) is 21.5. The van der Waals surface area contributed by atoms with E-state index < -0.39 is 14.9 Å². The highest BCUT2D eigenvalue weighted by Crippen LogP contribution is 2.16. The van der Waals surface area contributed by atoms with Crippen LogP contribution >= 0.6 is 0 Å². The van der Waals surface area contributed by atoms with Gasteiger partial charge in [0.15, 0.2) is 0 Å². The smallest absolute Gasteiger partial charge is 0.269 e. The molecule has 0 aromatic heterocycles. The quantitative estimate of drug-likeness (QED) is 0.491. The SMILES string of the molecule is CCc1ccc(C(C)NC(=O)CCNS(=O)(=O)c2ccc([N+](=O)[O-])cc2)cc1. The summed E-state index contributed by atoms with van der Waals surface area (Å²) in [5, 5.41) is 13.5. The zero-order valence-electron chi connectivity index (χ0n) is 15.7. The maximum absolute atomic E-state index is 12.2. The van der Waals surface area contributed by atoms with Gasteiger partial charge < -0.3 is 5.32 Å². The van der Waals surface area contributed by atoms with Crippen molar-refractivity contribution in [2.24, 2.45) is 0 Å². The van der Waals surface area contributed by atoms with Gasteiger partial charge in [0, 0.05) is 25.1 Å². The molecule has 0 fully saturated rings. The second-order valence-corrected chi connectivity index (χ2v) is 8.05. The van der Waals surface area contributed by atoms with Gasteiger partial charge in [-0.2, -0.15) is 0 Å². The minimum absolute atomic E-state index is 0.0242. The Hall–Kier alpha value is -2.78. The van der Waals surface area contributed by atoms with Gasteiger partial charge in [0.05, 0.1) is 15.9 Å². The summed E-state index contributed by atoms with van der Waals surface area (Å²) in [6.07, 6.45) is 0.916. The van der Waals surface area contributed by atoms with E-state index in [0.717, 1.165) is 36.2 Å². The van der Waals surface area contributed by atoms with Gasteiger partial charge >= 0.3 is 0 Å². The normalized spacial score (nSPS) is 12.4. The summed E-state index contributed by atoms with van der Waals surface area (Å²) in [4.78, 5) is 22.0. The van der Waals surface area contributed by atoms with Crippen LogP contribution in [0.2, 0.25) is 0 Å². The summed E-state index contributed by atoms with van der Waals surface area (Å²) >= 11 is 0. The van der Waals surface area contributed by atoms with Gasteiger partial charge in [-0.15, -0.1) is 0 Å². The van der Waals surface area contributed by atoms with Crippen molar-refractivity contribution in [3.05, 3.63) is 69.8 Å². The van der Waals surface area contributed by atoms with Crippen LogP contribution in [0.3, 0.4) is 0 Å². The van der Waals surface area contributed by atoms with Crippen molar-refractivity contribution < 1.29 is 18.1 Å². The van der Waals surface area contributed by atoms with Crippen molar-refractivity contribution in [2.45, 2.75) is 37.6 Å². The lowest BCUT2D eigenvalue weighted by atomic mass is 10.0. The van der Waals surface area contributed by atoms with Crippen LogP contribution in [0, 0.1) is 10.1 Å². The highest BCUT2D eigenvalue weighted by atomic mass is 32.2. The van der Waals surface area contributed by atoms with Crippen molar-refractivity contribution in [2.75, 3.05) is 6.54 Å². The van der Waals surface area contributed by atoms with Crippen molar-refractivity contribution in [3.63, 3.8) is 0 Å². The molecule has 2 N–H and O–H groups in total. The predicted octanol–water partition coefficient (Wildman–Crippen LogP) is 2.70. The van der Waals surface area contributed by atoms with E-state index in [4.69, 9.17) is 0 Å². The average Bonchev–Trinajstić information content (AvgIpc) is 2.67. The molecule has 0 spiro atoms. The van der Waals surface area contributed by atoms with Gasteiger partial charge in [-0.05, 0) is 36.6 Å². The number of amides is 1. The van der Waals surface area contributed by atoms with Crippen LogP contribution in [0.1, 0.15) is 37.4 Å². The molecule has 2 rings (SSSR count). The van der Waals surface area contributed by atoms with E-state index in [2.05, 4.69) is 17.0 Å². The molecule has 0 aliphatic heterocycles. The lowest BCUT2D eigenvalue weighted by Crippen LogP contribution is -2.32. The third kappa shape index (κ3) is 5.86. The summed E-state index contributed by atoms with van der Waals surface area (Å²) in [5.41, 5.74) is 1.99. The number of nitro groups is 1. The zero-order chi connectivity index (χ0) is 20.7. The van der Waals surface area contributed by atoms with E-state index in [-0.39, 0.29) is 35.5 Å². The Bertz CT molecular complexity index is 925. The Morgan fingerprint density at radius 1 is 1.11 bits per heavy atom. The number of hydrogen-bond donors (Lipinski definition) is 2. The third-order valence-electron chi connectivity index (χ3n) is 4.27. The number of carbonyl (C=O) groups is 1. The van der Waals surface area contributed by atoms with Crippen LogP contribution in [-0.2, 0) is 21.2 Å². The average molecular weight is 405 g/mol. The Morgan fingerprint density at radius 2 is 1.71 bits per heavy atom. The van der Waals surface area contributed by atoms with E-state index in [0.29, 0.717) is 0 Å². The fraction of sp³-hybridized carbons (Fsp3) is 0.316. The van der Waals surface area contributed by atoms with Crippen LogP contribution in [0.25, 0.3) is 0 Å². The topological polar surface area (TPSA) is 118 Å². The lowest BCUT2D eigenvalue weighted by Gasteiger charge is -2.15. The molecule has 0 saturated heterocycles. The summed E-state index contributed by atoms with van der Waals surface area (Å²) in [5.74, 6) is -0.279. The Balaban J connectivity index is 1.85. The third-order valence-corrected chi connectivity index (χ3v) is 5.74. The number of nitrogens with one attached hydrogen (secondary N) is 2. The Labute approximate surface area is 164 Å². The van der Waals surface area contributed by atoms with E-state index >= 15 is 0 Å². The van der Waals surface area contributed by atoms with Crippen LogP contribution in [0.15, 0.2) is 53.4 Å². The largest absolute Gasteiger partial charge is 0.350 e. The number of nitrogens with zero attached hydrogens (tertiary/aromatic N) is 1. The summed E-state index contributed by atoms with van der Waals surface area (Å²) in [6, 6.07) is 12.3. The summed E-state index contributed by atoms with van der Waals surface area (Å²) in [7, 11) is -3.84. The highest BCUT2D eigenvalue weighted by Gasteiger charge is 2.16. The molecule has 1 amide bonds. The summed E-state index contributed by atoms with van der Waals surface area (Å²) < 4.78 is 26.7. The first-order valence-electron chi connectivity index (χ1n) is 8.85. The molecule has 2 aromatic carbocycles. The molecule has 0 aliphatic rings. The molecule has 8 nitrogen and oxygen atoms in total. The molecule has 28 heavy (non-hydrogen) atoms. The van der Waals surface area contributed by atoms with Crippen molar-refractivity contribution >= 4 is 21.6 Å². The van der Waals surface area contributed by atoms with E-state index in [1.807, 2.05) is 31.2 Å². The number of benzene rings is 2.